The quantitative estimate of drug-likeness (QED) is 0.387. The van der Waals surface area contributed by atoms with Crippen LogP contribution in [0.1, 0.15) is 0 Å². The number of amides is 3. The molecule has 1 N–H and O–H groups in total. The zero-order valence-electron chi connectivity index (χ0n) is 17.3. The predicted molar refractivity (Wildman–Crippen MR) is 119 cm³/mol. The van der Waals surface area contributed by atoms with Gasteiger partial charge in [0, 0.05) is 23.7 Å². The van der Waals surface area contributed by atoms with E-state index in [0.717, 1.165) is 0 Å². The van der Waals surface area contributed by atoms with Crippen LogP contribution in [0.4, 0.5) is 0 Å². The predicted octanol–water partition coefficient (Wildman–Crippen LogP) is 1.06. The van der Waals surface area contributed by atoms with Gasteiger partial charge in [-0.05, 0) is 0 Å². The molecule has 3 amide bonds. The Labute approximate surface area is 185 Å². The summed E-state index contributed by atoms with van der Waals surface area (Å²) in [6, 6.07) is 18.0. The number of rotatable bonds is 7. The molecule has 2 aromatic carbocycles. The van der Waals surface area contributed by atoms with E-state index in [-0.39, 0.29) is 49.2 Å². The van der Waals surface area contributed by atoms with Crippen molar-refractivity contribution in [3.63, 3.8) is 0 Å². The number of nitrogens with one attached hydrogen (secondary N) is 1. The van der Waals surface area contributed by atoms with Gasteiger partial charge in [-0.3, -0.25) is 19.3 Å². The summed E-state index contributed by atoms with van der Waals surface area (Å²) in [5.74, 6) is -1.78. The van der Waals surface area contributed by atoms with E-state index in [4.69, 9.17) is 4.74 Å². The summed E-state index contributed by atoms with van der Waals surface area (Å²) < 4.78 is 19.6. The van der Waals surface area contributed by atoms with Crippen LogP contribution in [-0.2, 0) is 23.7 Å². The molecule has 32 heavy (non-hydrogen) atoms. The summed E-state index contributed by atoms with van der Waals surface area (Å²) in [7, 11) is -3.18. The lowest BCUT2D eigenvalue weighted by atomic mass is 9.85. The smallest absolute Gasteiger partial charge is 0.236 e. The Balaban J connectivity index is 1.24. The van der Waals surface area contributed by atoms with E-state index >= 15 is 0 Å². The molecule has 0 spiro atoms. The fourth-order valence-corrected chi connectivity index (χ4v) is 7.31. The zero-order valence-corrected chi connectivity index (χ0v) is 18.2. The summed E-state index contributed by atoms with van der Waals surface area (Å²) >= 11 is 0. The number of nitrogens with zero attached hydrogens (tertiary/aromatic N) is 1. The molecule has 0 aromatic heterocycles. The molecule has 7 nitrogen and oxygen atoms in total. The second-order valence-electron chi connectivity index (χ2n) is 8.25. The molecule has 0 radical (unpaired) electrons. The minimum Gasteiger partial charge on any atom is -0.365 e. The van der Waals surface area contributed by atoms with Crippen molar-refractivity contribution in [3.05, 3.63) is 72.8 Å². The average Bonchev–Trinajstić information content (AvgIpc) is 3.50. The standard InChI is InChI=1S/C24H23N2O5P/c27-20(15-32(30,16-7-3-1-4-8-16)17-9-5-2-6-10-17)25-13-14-26-23(28)21-18-11-12-19(31-18)22(21)24(26)29/h1-12,18-19,21-22H,13-15H2,(H,25,27)/t18-,19+,21?,22?. The van der Waals surface area contributed by atoms with E-state index in [1.165, 1.54) is 4.90 Å². The molecule has 5 rings (SSSR count). The Hall–Kier alpha value is -3.02. The summed E-state index contributed by atoms with van der Waals surface area (Å²) in [6.07, 6.45) is 2.84. The van der Waals surface area contributed by atoms with Crippen LogP contribution < -0.4 is 15.9 Å². The molecule has 4 atom stereocenters. The van der Waals surface area contributed by atoms with Crippen LogP contribution in [0.3, 0.4) is 0 Å². The maximum absolute atomic E-state index is 14.0. The third-order valence-corrected chi connectivity index (χ3v) is 9.37. The first-order valence-electron chi connectivity index (χ1n) is 10.6. The number of hydrogen-bond donors (Lipinski definition) is 1. The molecule has 164 valence electrons. The number of hydrogen-bond acceptors (Lipinski definition) is 5. The number of fused-ring (bicyclic) bond motifs is 5. The van der Waals surface area contributed by atoms with Gasteiger partial charge in [-0.15, -0.1) is 0 Å². The third kappa shape index (κ3) is 3.42. The first-order valence-corrected chi connectivity index (χ1v) is 12.5. The van der Waals surface area contributed by atoms with Gasteiger partial charge in [-0.1, -0.05) is 72.8 Å². The minimum atomic E-state index is -3.18. The van der Waals surface area contributed by atoms with E-state index in [2.05, 4.69) is 5.32 Å². The van der Waals surface area contributed by atoms with Crippen LogP contribution in [0.15, 0.2) is 72.8 Å². The van der Waals surface area contributed by atoms with Crippen LogP contribution >= 0.6 is 7.14 Å². The lowest BCUT2D eigenvalue weighted by molar-refractivity contribution is -0.142. The highest BCUT2D eigenvalue weighted by Gasteiger charge is 2.60. The first kappa shape index (κ1) is 20.9. The molecule has 2 bridgehead atoms. The zero-order chi connectivity index (χ0) is 22.3. The first-order chi connectivity index (χ1) is 15.5. The number of carbonyl (C=O) groups excluding carboxylic acids is 3. The van der Waals surface area contributed by atoms with Crippen LogP contribution in [0.5, 0.6) is 0 Å². The number of likely N-dealkylation sites (tertiary alicyclic amines) is 1. The van der Waals surface area contributed by atoms with Crippen molar-refractivity contribution in [2.24, 2.45) is 11.8 Å². The molecule has 2 saturated heterocycles. The molecule has 0 saturated carbocycles. The van der Waals surface area contributed by atoms with Gasteiger partial charge in [0.25, 0.3) is 0 Å². The van der Waals surface area contributed by atoms with E-state index in [1.54, 1.807) is 48.5 Å². The Kier molecular flexibility index (Phi) is 5.31. The maximum atomic E-state index is 14.0. The second-order valence-corrected chi connectivity index (χ2v) is 11.1. The SMILES string of the molecule is O=C(CP(=O)(c1ccccc1)c1ccccc1)NCCN1C(=O)C2C(C1=O)[C@H]1C=C[C@@H]2O1. The molecule has 2 fully saturated rings. The molecule has 3 aliphatic heterocycles. The molecule has 2 unspecified atom stereocenters. The number of imide groups is 1. The lowest BCUT2D eigenvalue weighted by Gasteiger charge is -2.20. The number of ether oxygens (including phenoxy) is 1. The van der Waals surface area contributed by atoms with Gasteiger partial charge in [0.1, 0.15) is 0 Å². The highest BCUT2D eigenvalue weighted by atomic mass is 31.2. The Morgan fingerprint density at radius 1 is 0.875 bits per heavy atom. The van der Waals surface area contributed by atoms with E-state index in [9.17, 15) is 18.9 Å². The fourth-order valence-electron chi connectivity index (χ4n) is 4.82. The van der Waals surface area contributed by atoms with Crippen LogP contribution in [0.25, 0.3) is 0 Å². The Morgan fingerprint density at radius 2 is 1.38 bits per heavy atom. The van der Waals surface area contributed by atoms with Gasteiger partial charge in [0.15, 0.2) is 7.14 Å². The van der Waals surface area contributed by atoms with Crippen molar-refractivity contribution >= 4 is 35.5 Å². The second kappa shape index (κ2) is 8.15. The van der Waals surface area contributed by atoms with Crippen LogP contribution in [0, 0.1) is 11.8 Å². The molecule has 3 heterocycles. The van der Waals surface area contributed by atoms with Crippen molar-refractivity contribution in [2.75, 3.05) is 19.3 Å². The fraction of sp³-hybridized carbons (Fsp3) is 0.292. The highest BCUT2D eigenvalue weighted by molar-refractivity contribution is 7.79. The van der Waals surface area contributed by atoms with Crippen molar-refractivity contribution in [1.82, 2.24) is 10.2 Å². The summed E-state index contributed by atoms with van der Waals surface area (Å²) in [5, 5.41) is 3.97. The monoisotopic (exact) mass is 450 g/mol. The van der Waals surface area contributed by atoms with Gasteiger partial charge < -0.3 is 14.6 Å². The van der Waals surface area contributed by atoms with E-state index in [0.29, 0.717) is 10.6 Å². The molecule has 3 aliphatic rings. The lowest BCUT2D eigenvalue weighted by Crippen LogP contribution is -2.41. The number of benzene rings is 2. The van der Waals surface area contributed by atoms with E-state index < -0.39 is 19.0 Å². The maximum Gasteiger partial charge on any atom is 0.236 e. The molecule has 0 aliphatic carbocycles. The number of carbonyl (C=O) groups is 3. The summed E-state index contributed by atoms with van der Waals surface area (Å²) in [6.45, 7) is 0.208. The Bertz CT molecular complexity index is 1060. The van der Waals surface area contributed by atoms with Crippen molar-refractivity contribution < 1.29 is 23.7 Å². The summed E-state index contributed by atoms with van der Waals surface area (Å²) in [5.41, 5.74) is 0. The normalized spacial score (nSPS) is 25.9. The van der Waals surface area contributed by atoms with Gasteiger partial charge in [-0.2, -0.15) is 0 Å². The molecular weight excluding hydrogens is 427 g/mol. The molecule has 8 heteroatoms. The van der Waals surface area contributed by atoms with Gasteiger partial charge >= 0.3 is 0 Å². The van der Waals surface area contributed by atoms with Gasteiger partial charge in [-0.25, -0.2) is 0 Å². The highest BCUT2D eigenvalue weighted by Crippen LogP contribution is 2.45. The third-order valence-electron chi connectivity index (χ3n) is 6.37. The molecular formula is C24H23N2O5P. The van der Waals surface area contributed by atoms with Crippen molar-refractivity contribution in [2.45, 2.75) is 12.2 Å². The molecule has 2 aromatic rings. The van der Waals surface area contributed by atoms with Crippen LogP contribution in [0.2, 0.25) is 0 Å². The van der Waals surface area contributed by atoms with Crippen LogP contribution in [-0.4, -0.2) is 54.1 Å². The van der Waals surface area contributed by atoms with Gasteiger partial charge in [0.2, 0.25) is 17.7 Å². The van der Waals surface area contributed by atoms with Gasteiger partial charge in [0.05, 0.1) is 30.2 Å². The van der Waals surface area contributed by atoms with Crippen molar-refractivity contribution in [3.8, 4) is 0 Å². The van der Waals surface area contributed by atoms with Crippen molar-refractivity contribution in [1.29, 1.82) is 0 Å². The van der Waals surface area contributed by atoms with E-state index in [1.807, 2.05) is 24.3 Å². The Morgan fingerprint density at radius 3 is 1.88 bits per heavy atom. The summed E-state index contributed by atoms with van der Waals surface area (Å²) in [4.78, 5) is 39.4. The topological polar surface area (TPSA) is 92.8 Å². The minimum absolute atomic E-state index is 0.0941. The average molecular weight is 450 g/mol. The largest absolute Gasteiger partial charge is 0.365 e.